The Morgan fingerprint density at radius 2 is 1.93 bits per heavy atom. The number of halogens is 1. The van der Waals surface area contributed by atoms with Gasteiger partial charge in [-0.2, -0.15) is 10.2 Å². The normalized spacial score (nSPS) is 13.1. The minimum Gasteiger partial charge on any atom is -0.508 e. The molecule has 2 atom stereocenters. The molecule has 40 heavy (non-hydrogen) atoms. The van der Waals surface area contributed by atoms with Crippen LogP contribution in [-0.4, -0.2) is 74.0 Å². The lowest BCUT2D eigenvalue weighted by Gasteiger charge is -2.24. The van der Waals surface area contributed by atoms with Crippen LogP contribution >= 0.6 is 11.3 Å². The lowest BCUT2D eigenvalue weighted by Crippen LogP contribution is -2.46. The summed E-state index contributed by atoms with van der Waals surface area (Å²) in [6.45, 7) is 5.47. The number of methoxy groups -OCH3 is 1. The quantitative estimate of drug-likeness (QED) is 0.270. The Morgan fingerprint density at radius 3 is 2.58 bits per heavy atom. The number of carbonyl (C=O) groups is 1. The van der Waals surface area contributed by atoms with Gasteiger partial charge in [0.25, 0.3) is 5.56 Å². The van der Waals surface area contributed by atoms with Crippen LogP contribution in [0.15, 0.2) is 40.2 Å². The molecular weight excluding hydrogens is 543 g/mol. The Labute approximate surface area is 232 Å². The third kappa shape index (κ3) is 5.42. The van der Waals surface area contributed by atoms with Gasteiger partial charge in [0.05, 0.1) is 37.5 Å². The number of aromatic nitrogens is 5. The highest BCUT2D eigenvalue weighted by molar-refractivity contribution is 7.21. The van der Waals surface area contributed by atoms with E-state index in [0.29, 0.717) is 21.9 Å². The molecule has 0 aliphatic heterocycles. The maximum Gasteiger partial charge on any atom is 0.332 e. The zero-order valence-electron chi connectivity index (χ0n) is 22.8. The molecule has 4 rings (SSSR count). The van der Waals surface area contributed by atoms with E-state index in [2.05, 4.69) is 10.2 Å². The van der Waals surface area contributed by atoms with Gasteiger partial charge in [-0.05, 0) is 39.0 Å². The van der Waals surface area contributed by atoms with E-state index in [1.54, 1.807) is 20.9 Å². The van der Waals surface area contributed by atoms with Crippen molar-refractivity contribution in [3.8, 4) is 10.8 Å². The minimum atomic E-state index is -1.11. The van der Waals surface area contributed by atoms with E-state index in [0.717, 1.165) is 28.0 Å². The first-order valence-corrected chi connectivity index (χ1v) is 13.4. The number of fused-ring (bicyclic) bond motifs is 1. The van der Waals surface area contributed by atoms with E-state index in [4.69, 9.17) is 9.47 Å². The molecular formula is C26H31FN6O6S. The number of hydrogen-bond acceptors (Lipinski definition) is 9. The number of benzene rings is 1. The number of carbonyl (C=O) groups excluding carboxylic acids is 1. The number of nitrogens with zero attached hydrogens (tertiary/aromatic N) is 6. The Bertz CT molecular complexity index is 1630. The van der Waals surface area contributed by atoms with Crippen molar-refractivity contribution in [1.29, 1.82) is 0 Å². The summed E-state index contributed by atoms with van der Waals surface area (Å²) < 4.78 is 27.5. The lowest BCUT2D eigenvalue weighted by molar-refractivity contribution is -0.132. The Balaban J connectivity index is 1.98. The topological polar surface area (TPSA) is 134 Å². The van der Waals surface area contributed by atoms with E-state index in [9.17, 15) is 23.9 Å². The van der Waals surface area contributed by atoms with Gasteiger partial charge in [0.2, 0.25) is 5.91 Å². The third-order valence-corrected chi connectivity index (χ3v) is 7.99. The molecule has 12 nitrogen and oxygen atoms in total. The van der Waals surface area contributed by atoms with Crippen LogP contribution in [0.1, 0.15) is 37.1 Å². The number of likely N-dealkylation sites (N-methyl/N-ethyl adjacent to an activating group) is 1. The van der Waals surface area contributed by atoms with Gasteiger partial charge in [0.15, 0.2) is 0 Å². The molecule has 0 bridgehead atoms. The molecule has 0 saturated carbocycles. The summed E-state index contributed by atoms with van der Waals surface area (Å²) in [6.07, 6.45) is 1.97. The predicted molar refractivity (Wildman–Crippen MR) is 147 cm³/mol. The highest BCUT2D eigenvalue weighted by Gasteiger charge is 2.29. The number of amides is 1. The summed E-state index contributed by atoms with van der Waals surface area (Å²) in [7, 11) is 3.08. The van der Waals surface area contributed by atoms with Crippen molar-refractivity contribution in [2.24, 2.45) is 0 Å². The van der Waals surface area contributed by atoms with Crippen molar-refractivity contribution in [2.75, 3.05) is 33.9 Å². The average molecular weight is 575 g/mol. The highest BCUT2D eigenvalue weighted by Crippen LogP contribution is 2.33. The standard InChI is InChI=1S/C26H31FN6O6S/c1-6-30(4)22(35)16(3)32-23(36)21-15(2)24(33-28-9-10-29-33)40-25(21)31(26(32)37)14-20(39-12-11-38-5)18-13-17(27)7-8-19(18)34/h7-10,13,16,20,34H,6,11-12,14H2,1-5H3/t16-,20+/m1/s1. The van der Waals surface area contributed by atoms with Crippen LogP contribution in [0.5, 0.6) is 5.75 Å². The van der Waals surface area contributed by atoms with Gasteiger partial charge in [-0.25, -0.2) is 13.8 Å². The number of phenols is 1. The van der Waals surface area contributed by atoms with Crippen molar-refractivity contribution in [3.63, 3.8) is 0 Å². The molecule has 0 fully saturated rings. The van der Waals surface area contributed by atoms with E-state index in [1.165, 1.54) is 46.8 Å². The molecule has 3 aromatic heterocycles. The zero-order valence-corrected chi connectivity index (χ0v) is 23.6. The van der Waals surface area contributed by atoms with Crippen LogP contribution < -0.4 is 11.2 Å². The molecule has 0 radical (unpaired) electrons. The van der Waals surface area contributed by atoms with Gasteiger partial charge in [-0.1, -0.05) is 11.3 Å². The Morgan fingerprint density at radius 1 is 1.23 bits per heavy atom. The van der Waals surface area contributed by atoms with Crippen molar-refractivity contribution < 1.29 is 23.8 Å². The average Bonchev–Trinajstić information content (AvgIpc) is 3.58. The van der Waals surface area contributed by atoms with Crippen molar-refractivity contribution in [2.45, 2.75) is 39.5 Å². The van der Waals surface area contributed by atoms with Crippen LogP contribution in [-0.2, 0) is 20.8 Å². The van der Waals surface area contributed by atoms with E-state index in [1.807, 2.05) is 0 Å². The van der Waals surface area contributed by atoms with Crippen LogP contribution in [0, 0.1) is 12.7 Å². The molecule has 1 amide bonds. The molecule has 0 aliphatic rings. The molecule has 1 aromatic carbocycles. The smallest absolute Gasteiger partial charge is 0.332 e. The number of aromatic hydroxyl groups is 1. The summed E-state index contributed by atoms with van der Waals surface area (Å²) in [4.78, 5) is 44.0. The Hall–Kier alpha value is -3.88. The van der Waals surface area contributed by atoms with Crippen LogP contribution in [0.2, 0.25) is 0 Å². The molecule has 1 N–H and O–H groups in total. The van der Waals surface area contributed by atoms with Gasteiger partial charge in [-0.3, -0.25) is 14.2 Å². The second kappa shape index (κ2) is 12.1. The fourth-order valence-corrected chi connectivity index (χ4v) is 5.63. The molecule has 214 valence electrons. The summed E-state index contributed by atoms with van der Waals surface area (Å²) in [5.74, 6) is -1.24. The van der Waals surface area contributed by atoms with Gasteiger partial charge < -0.3 is 19.5 Å². The van der Waals surface area contributed by atoms with Crippen molar-refractivity contribution >= 4 is 27.5 Å². The fourth-order valence-electron chi connectivity index (χ4n) is 4.42. The predicted octanol–water partition coefficient (Wildman–Crippen LogP) is 2.40. The van der Waals surface area contributed by atoms with Crippen molar-refractivity contribution in [3.05, 3.63) is 68.4 Å². The van der Waals surface area contributed by atoms with Crippen LogP contribution in [0.3, 0.4) is 0 Å². The molecule has 0 saturated heterocycles. The number of aryl methyl sites for hydroxylation is 1. The van der Waals surface area contributed by atoms with E-state index >= 15 is 0 Å². The zero-order chi connectivity index (χ0) is 29.1. The highest BCUT2D eigenvalue weighted by atomic mass is 32.1. The number of phenolic OH excluding ortho intramolecular Hbond substituents is 1. The lowest BCUT2D eigenvalue weighted by atomic mass is 10.1. The number of thiophene rings is 1. The summed E-state index contributed by atoms with van der Waals surface area (Å²) in [6, 6.07) is 2.33. The van der Waals surface area contributed by atoms with Crippen LogP contribution in [0.4, 0.5) is 4.39 Å². The number of ether oxygens (including phenoxy) is 2. The first-order valence-electron chi connectivity index (χ1n) is 12.6. The molecule has 3 heterocycles. The molecule has 0 aliphatic carbocycles. The Kier molecular flexibility index (Phi) is 8.81. The van der Waals surface area contributed by atoms with Gasteiger partial charge in [0, 0.05) is 31.8 Å². The second-order valence-electron chi connectivity index (χ2n) is 9.18. The molecule has 14 heteroatoms. The van der Waals surface area contributed by atoms with Crippen molar-refractivity contribution in [1.82, 2.24) is 29.0 Å². The van der Waals surface area contributed by atoms with Gasteiger partial charge >= 0.3 is 5.69 Å². The fraction of sp³-hybridized carbons (Fsp3) is 0.423. The SMILES string of the molecule is CCN(C)C(=O)[C@@H](C)n1c(=O)c2c(C)c(-n3nccn3)sc2n(C[C@H](OCCOC)c2cc(F)ccc2O)c1=O. The summed E-state index contributed by atoms with van der Waals surface area (Å²) in [5, 5.41) is 19.6. The molecule has 0 spiro atoms. The summed E-state index contributed by atoms with van der Waals surface area (Å²) >= 11 is 1.12. The molecule has 4 aromatic rings. The first kappa shape index (κ1) is 29.1. The summed E-state index contributed by atoms with van der Waals surface area (Å²) in [5.41, 5.74) is -0.733. The minimum absolute atomic E-state index is 0.0801. The molecule has 0 unspecified atom stereocenters. The first-order chi connectivity index (χ1) is 19.1. The van der Waals surface area contributed by atoms with Gasteiger partial charge in [-0.15, -0.1) is 4.80 Å². The number of rotatable bonds is 11. The van der Waals surface area contributed by atoms with Gasteiger partial charge in [0.1, 0.15) is 33.5 Å². The van der Waals surface area contributed by atoms with E-state index < -0.39 is 35.1 Å². The maximum absolute atomic E-state index is 14.2. The monoisotopic (exact) mass is 574 g/mol. The largest absolute Gasteiger partial charge is 0.508 e. The number of hydrogen-bond donors (Lipinski definition) is 1. The van der Waals surface area contributed by atoms with Crippen LogP contribution in [0.25, 0.3) is 15.2 Å². The second-order valence-corrected chi connectivity index (χ2v) is 10.2. The third-order valence-electron chi connectivity index (χ3n) is 6.70. The maximum atomic E-state index is 14.2. The van der Waals surface area contributed by atoms with E-state index in [-0.39, 0.29) is 36.5 Å².